The Labute approximate surface area is 84.1 Å². The fourth-order valence-electron chi connectivity index (χ4n) is 1.11. The topological polar surface area (TPSA) is 26.0 Å². The fraction of sp³-hybridized carbons (Fsp3) is 0.333. The van der Waals surface area contributed by atoms with Crippen LogP contribution in [-0.4, -0.2) is 6.54 Å². The largest absolute Gasteiger partial charge is 0.325 e. The lowest BCUT2D eigenvalue weighted by atomic mass is 10.0. The maximum atomic E-state index is 13.2. The van der Waals surface area contributed by atoms with Crippen LogP contribution >= 0.6 is 15.9 Å². The first-order valence-corrected chi connectivity index (χ1v) is 4.62. The first kappa shape index (κ1) is 10.6. The third-order valence-corrected chi connectivity index (χ3v) is 2.78. The van der Waals surface area contributed by atoms with E-state index in [0.717, 1.165) is 0 Å². The van der Waals surface area contributed by atoms with Gasteiger partial charge in [-0.1, -0.05) is 28.1 Å². The summed E-state index contributed by atoms with van der Waals surface area (Å²) in [7, 11) is 0. The smallest absolute Gasteiger partial charge is 0.285 e. The molecule has 0 bridgehead atoms. The Balaban J connectivity index is 3.22. The van der Waals surface area contributed by atoms with Crippen LogP contribution in [0, 0.1) is 6.92 Å². The van der Waals surface area contributed by atoms with Gasteiger partial charge in [-0.2, -0.15) is 8.78 Å². The second kappa shape index (κ2) is 3.72. The second-order valence-corrected chi connectivity index (χ2v) is 3.68. The molecule has 0 unspecified atom stereocenters. The van der Waals surface area contributed by atoms with Crippen molar-refractivity contribution >= 4 is 15.9 Å². The lowest BCUT2D eigenvalue weighted by Gasteiger charge is -2.17. The van der Waals surface area contributed by atoms with E-state index in [1.54, 1.807) is 19.1 Å². The minimum atomic E-state index is -2.94. The van der Waals surface area contributed by atoms with Gasteiger partial charge in [-0.25, -0.2) is 0 Å². The summed E-state index contributed by atoms with van der Waals surface area (Å²) < 4.78 is 27.0. The number of alkyl halides is 2. The van der Waals surface area contributed by atoms with Crippen molar-refractivity contribution in [3.8, 4) is 0 Å². The molecule has 0 aliphatic carbocycles. The third kappa shape index (κ3) is 2.06. The van der Waals surface area contributed by atoms with Gasteiger partial charge in [-0.05, 0) is 18.6 Å². The lowest BCUT2D eigenvalue weighted by Crippen LogP contribution is -2.26. The molecular formula is C9H10BrF2N. The van der Waals surface area contributed by atoms with Crippen LogP contribution in [-0.2, 0) is 5.92 Å². The summed E-state index contributed by atoms with van der Waals surface area (Å²) in [5.41, 5.74) is 5.52. The van der Waals surface area contributed by atoms with Crippen molar-refractivity contribution in [1.29, 1.82) is 0 Å². The Hall–Kier alpha value is -0.480. The second-order valence-electron chi connectivity index (χ2n) is 2.82. The first-order valence-electron chi connectivity index (χ1n) is 3.82. The van der Waals surface area contributed by atoms with Crippen LogP contribution in [0.15, 0.2) is 22.7 Å². The number of hydrogen-bond donors (Lipinski definition) is 1. The Morgan fingerprint density at radius 1 is 1.46 bits per heavy atom. The monoisotopic (exact) mass is 249 g/mol. The summed E-state index contributed by atoms with van der Waals surface area (Å²) in [6, 6.07) is 4.70. The van der Waals surface area contributed by atoms with Gasteiger partial charge in [0.05, 0.1) is 6.54 Å². The van der Waals surface area contributed by atoms with Gasteiger partial charge < -0.3 is 5.73 Å². The molecule has 13 heavy (non-hydrogen) atoms. The van der Waals surface area contributed by atoms with Crippen LogP contribution < -0.4 is 5.73 Å². The van der Waals surface area contributed by atoms with Gasteiger partial charge in [0.25, 0.3) is 5.92 Å². The van der Waals surface area contributed by atoms with Crippen LogP contribution in [0.1, 0.15) is 11.1 Å². The van der Waals surface area contributed by atoms with Gasteiger partial charge in [0, 0.05) is 10.0 Å². The molecule has 1 aromatic carbocycles. The van der Waals surface area contributed by atoms with Crippen LogP contribution in [0.25, 0.3) is 0 Å². The maximum absolute atomic E-state index is 13.2. The van der Waals surface area contributed by atoms with Crippen molar-refractivity contribution in [2.45, 2.75) is 12.8 Å². The molecule has 0 aliphatic rings. The number of rotatable bonds is 2. The van der Waals surface area contributed by atoms with Crippen LogP contribution in [0.4, 0.5) is 8.78 Å². The predicted octanol–water partition coefficient (Wildman–Crippen LogP) is 2.81. The highest BCUT2D eigenvalue weighted by Gasteiger charge is 2.31. The molecule has 0 heterocycles. The van der Waals surface area contributed by atoms with E-state index in [9.17, 15) is 8.78 Å². The van der Waals surface area contributed by atoms with Gasteiger partial charge in [-0.3, -0.25) is 0 Å². The van der Waals surface area contributed by atoms with Crippen LogP contribution in [0.2, 0.25) is 0 Å². The lowest BCUT2D eigenvalue weighted by molar-refractivity contribution is 0.00526. The van der Waals surface area contributed by atoms with Gasteiger partial charge in [0.1, 0.15) is 0 Å². The number of halogens is 3. The SMILES string of the molecule is Cc1c(Br)cccc1C(F)(F)CN. The van der Waals surface area contributed by atoms with E-state index in [0.29, 0.717) is 10.0 Å². The average molecular weight is 250 g/mol. The van der Waals surface area contributed by atoms with E-state index in [-0.39, 0.29) is 5.56 Å². The summed E-state index contributed by atoms with van der Waals surface area (Å²) >= 11 is 3.19. The quantitative estimate of drug-likeness (QED) is 0.858. The zero-order valence-electron chi connectivity index (χ0n) is 7.15. The maximum Gasteiger partial charge on any atom is 0.285 e. The highest BCUT2D eigenvalue weighted by atomic mass is 79.9. The molecule has 0 aromatic heterocycles. The van der Waals surface area contributed by atoms with Gasteiger partial charge in [0.2, 0.25) is 0 Å². The van der Waals surface area contributed by atoms with E-state index in [2.05, 4.69) is 15.9 Å². The standard InChI is InChI=1S/C9H10BrF2N/c1-6-7(9(11,12)5-13)3-2-4-8(6)10/h2-4H,5,13H2,1H3. The van der Waals surface area contributed by atoms with Gasteiger partial charge in [0.15, 0.2) is 0 Å². The molecule has 0 aliphatic heterocycles. The van der Waals surface area contributed by atoms with Crippen molar-refractivity contribution in [3.63, 3.8) is 0 Å². The first-order chi connectivity index (χ1) is 5.99. The molecular weight excluding hydrogens is 240 g/mol. The van der Waals surface area contributed by atoms with Gasteiger partial charge >= 0.3 is 0 Å². The molecule has 2 N–H and O–H groups in total. The van der Waals surface area contributed by atoms with Crippen molar-refractivity contribution < 1.29 is 8.78 Å². The van der Waals surface area contributed by atoms with E-state index in [1.165, 1.54) is 6.07 Å². The summed E-state index contributed by atoms with van der Waals surface area (Å²) in [6.45, 7) is 0.979. The van der Waals surface area contributed by atoms with E-state index in [4.69, 9.17) is 5.73 Å². The summed E-state index contributed by atoms with van der Waals surface area (Å²) in [6.07, 6.45) is 0. The molecule has 0 amide bonds. The van der Waals surface area contributed by atoms with Crippen molar-refractivity contribution in [1.82, 2.24) is 0 Å². The third-order valence-electron chi connectivity index (χ3n) is 1.92. The van der Waals surface area contributed by atoms with E-state index in [1.807, 2.05) is 0 Å². The van der Waals surface area contributed by atoms with Gasteiger partial charge in [-0.15, -0.1) is 0 Å². The Morgan fingerprint density at radius 2 is 2.08 bits per heavy atom. The van der Waals surface area contributed by atoms with Crippen molar-refractivity contribution in [3.05, 3.63) is 33.8 Å². The summed E-state index contributed by atoms with van der Waals surface area (Å²) in [4.78, 5) is 0. The predicted molar refractivity (Wildman–Crippen MR) is 51.8 cm³/mol. The summed E-state index contributed by atoms with van der Waals surface area (Å²) in [5, 5.41) is 0. The molecule has 0 fully saturated rings. The molecule has 0 radical (unpaired) electrons. The Kier molecular flexibility index (Phi) is 3.03. The van der Waals surface area contributed by atoms with Crippen molar-refractivity contribution in [2.75, 3.05) is 6.54 Å². The molecule has 1 aromatic rings. The minimum Gasteiger partial charge on any atom is -0.325 e. The highest BCUT2D eigenvalue weighted by Crippen LogP contribution is 2.32. The Morgan fingerprint density at radius 3 is 2.62 bits per heavy atom. The number of hydrogen-bond acceptors (Lipinski definition) is 1. The molecule has 4 heteroatoms. The molecule has 0 spiro atoms. The molecule has 1 rings (SSSR count). The van der Waals surface area contributed by atoms with Crippen LogP contribution in [0.3, 0.4) is 0 Å². The zero-order valence-corrected chi connectivity index (χ0v) is 8.74. The van der Waals surface area contributed by atoms with E-state index < -0.39 is 12.5 Å². The normalized spacial score (nSPS) is 11.8. The molecule has 0 saturated heterocycles. The molecule has 72 valence electrons. The molecule has 1 nitrogen and oxygen atoms in total. The highest BCUT2D eigenvalue weighted by molar-refractivity contribution is 9.10. The average Bonchev–Trinajstić information content (AvgIpc) is 2.09. The molecule has 0 saturated carbocycles. The van der Waals surface area contributed by atoms with Crippen molar-refractivity contribution in [2.24, 2.45) is 5.73 Å². The Bertz CT molecular complexity index is 312. The number of benzene rings is 1. The zero-order chi connectivity index (χ0) is 10.1. The molecule has 0 atom stereocenters. The fourth-order valence-corrected chi connectivity index (χ4v) is 1.48. The van der Waals surface area contributed by atoms with Crippen LogP contribution in [0.5, 0.6) is 0 Å². The summed E-state index contributed by atoms with van der Waals surface area (Å²) in [5.74, 6) is -2.94. The number of nitrogens with two attached hydrogens (primary N) is 1. The minimum absolute atomic E-state index is 0.00984. The van der Waals surface area contributed by atoms with E-state index >= 15 is 0 Å².